The molecule has 216 valence electrons. The van der Waals surface area contributed by atoms with E-state index in [0.717, 1.165) is 18.2 Å². The summed E-state index contributed by atoms with van der Waals surface area (Å²) in [6, 6.07) is 12.6. The van der Waals surface area contributed by atoms with Crippen molar-refractivity contribution in [3.05, 3.63) is 106 Å². The Balaban J connectivity index is 1.60. The Morgan fingerprint density at radius 3 is 2.52 bits per heavy atom. The van der Waals surface area contributed by atoms with Gasteiger partial charge < -0.3 is 10.1 Å². The third-order valence-corrected chi connectivity index (χ3v) is 7.59. The van der Waals surface area contributed by atoms with Crippen LogP contribution in [-0.4, -0.2) is 24.0 Å². The molecule has 1 N–H and O–H groups in total. The average Bonchev–Trinajstić information content (AvgIpc) is 2.97. The van der Waals surface area contributed by atoms with Crippen molar-refractivity contribution in [3.8, 4) is 22.3 Å². The summed E-state index contributed by atoms with van der Waals surface area (Å²) in [5, 5.41) is 2.55. The van der Waals surface area contributed by atoms with Gasteiger partial charge in [0.05, 0.1) is 24.1 Å². The number of anilines is 1. The van der Waals surface area contributed by atoms with Gasteiger partial charge in [0.2, 0.25) is 5.91 Å². The highest BCUT2D eigenvalue weighted by Crippen LogP contribution is 2.39. The second-order valence-electron chi connectivity index (χ2n) is 10.0. The minimum atomic E-state index is -1.10. The van der Waals surface area contributed by atoms with E-state index in [1.165, 1.54) is 31.5 Å². The fraction of sp³-hybridized carbons (Fsp3) is 0.219. The first-order valence-electron chi connectivity index (χ1n) is 13.2. The fourth-order valence-corrected chi connectivity index (χ4v) is 5.33. The average molecular weight is 597 g/mol. The van der Waals surface area contributed by atoms with E-state index in [2.05, 4.69) is 10.3 Å². The molecule has 1 aromatic heterocycles. The van der Waals surface area contributed by atoms with Crippen LogP contribution < -0.4 is 5.32 Å². The standard InChI is InChI=1S/C32H25ClF4N2O3/c1-42-29(41)13-17-6-8-21-22-14-19(15-25(35)31(22)36)20(4-2-3-5-28(40)39-27(21)12-17)26-11-7-18(16-38-26)30-24(34)10-9-23(33)32(30)37/h6-12,14-16,20H,2-5,13H2,1H3,(H,39,40). The molecule has 5 nitrogen and oxygen atoms in total. The Morgan fingerprint density at radius 1 is 0.976 bits per heavy atom. The van der Waals surface area contributed by atoms with Crippen molar-refractivity contribution < 1.29 is 31.9 Å². The number of halogens is 5. The maximum Gasteiger partial charge on any atom is 0.309 e. The summed E-state index contributed by atoms with van der Waals surface area (Å²) in [7, 11) is 1.26. The molecular weight excluding hydrogens is 572 g/mol. The number of hydrogen-bond donors (Lipinski definition) is 1. The molecule has 0 saturated heterocycles. The lowest BCUT2D eigenvalue weighted by Crippen LogP contribution is -2.14. The third-order valence-electron chi connectivity index (χ3n) is 7.30. The molecule has 0 fully saturated rings. The van der Waals surface area contributed by atoms with Gasteiger partial charge in [-0.05, 0) is 60.4 Å². The molecular formula is C32H25ClF4N2O3. The first-order valence-corrected chi connectivity index (χ1v) is 13.6. The van der Waals surface area contributed by atoms with Crippen LogP contribution >= 0.6 is 11.6 Å². The van der Waals surface area contributed by atoms with Crippen LogP contribution in [0.3, 0.4) is 0 Å². The monoisotopic (exact) mass is 596 g/mol. The van der Waals surface area contributed by atoms with Crippen molar-refractivity contribution in [2.24, 2.45) is 0 Å². The van der Waals surface area contributed by atoms with Crippen molar-refractivity contribution >= 4 is 29.2 Å². The maximum absolute atomic E-state index is 15.3. The molecule has 5 rings (SSSR count). The van der Waals surface area contributed by atoms with E-state index < -0.39 is 35.2 Å². The number of aromatic nitrogens is 1. The Morgan fingerprint density at radius 2 is 1.79 bits per heavy atom. The van der Waals surface area contributed by atoms with Crippen molar-refractivity contribution in [1.82, 2.24) is 4.98 Å². The molecule has 1 unspecified atom stereocenters. The molecule has 2 heterocycles. The predicted molar refractivity (Wildman–Crippen MR) is 151 cm³/mol. The minimum absolute atomic E-state index is 0.0662. The highest BCUT2D eigenvalue weighted by molar-refractivity contribution is 6.31. The SMILES string of the molecule is COC(=O)Cc1ccc2c(c1)NC(=O)CCCCC(c1ccc(-c3c(F)ccc(Cl)c3F)cn1)c1cc(F)c(F)c-2c1. The predicted octanol–water partition coefficient (Wildman–Crippen LogP) is 7.99. The van der Waals surface area contributed by atoms with Gasteiger partial charge in [-0.3, -0.25) is 14.6 Å². The summed E-state index contributed by atoms with van der Waals surface area (Å²) in [5.74, 6) is -5.19. The highest BCUT2D eigenvalue weighted by Gasteiger charge is 2.24. The lowest BCUT2D eigenvalue weighted by Gasteiger charge is -2.21. The Bertz CT molecular complexity index is 1680. The van der Waals surface area contributed by atoms with Gasteiger partial charge in [-0.25, -0.2) is 17.6 Å². The van der Waals surface area contributed by atoms with Gasteiger partial charge in [-0.2, -0.15) is 0 Å². The van der Waals surface area contributed by atoms with E-state index in [1.807, 2.05) is 0 Å². The number of pyridine rings is 1. The third kappa shape index (κ3) is 6.01. The Labute approximate surface area is 244 Å². The summed E-state index contributed by atoms with van der Waals surface area (Å²) in [5.41, 5.74) is 1.71. The van der Waals surface area contributed by atoms with Crippen molar-refractivity contribution in [2.45, 2.75) is 38.0 Å². The van der Waals surface area contributed by atoms with E-state index in [0.29, 0.717) is 36.1 Å². The minimum Gasteiger partial charge on any atom is -0.469 e. The number of nitrogens with one attached hydrogen (secondary N) is 1. The van der Waals surface area contributed by atoms with E-state index in [4.69, 9.17) is 16.3 Å². The fourth-order valence-electron chi connectivity index (χ4n) is 5.17. The number of amides is 1. The van der Waals surface area contributed by atoms with E-state index in [1.54, 1.807) is 18.2 Å². The molecule has 0 spiro atoms. The van der Waals surface area contributed by atoms with Crippen molar-refractivity contribution in [3.63, 3.8) is 0 Å². The number of benzene rings is 3. The van der Waals surface area contributed by atoms with Crippen LogP contribution in [0.4, 0.5) is 23.2 Å². The summed E-state index contributed by atoms with van der Waals surface area (Å²) in [4.78, 5) is 29.0. The number of hydrogen-bond acceptors (Lipinski definition) is 4. The summed E-state index contributed by atoms with van der Waals surface area (Å²) < 4.78 is 64.2. The molecule has 1 aliphatic heterocycles. The van der Waals surface area contributed by atoms with Gasteiger partial charge in [0, 0.05) is 46.6 Å². The van der Waals surface area contributed by atoms with E-state index >= 15 is 8.78 Å². The Kier molecular flexibility index (Phi) is 8.59. The molecule has 1 aliphatic rings. The zero-order valence-corrected chi connectivity index (χ0v) is 23.2. The van der Waals surface area contributed by atoms with Gasteiger partial charge in [0.1, 0.15) is 5.82 Å². The summed E-state index contributed by atoms with van der Waals surface area (Å²) in [6.07, 6.45) is 2.95. The number of carbonyl (C=O) groups excluding carboxylic acids is 2. The number of methoxy groups -OCH3 is 1. The van der Waals surface area contributed by atoms with Crippen LogP contribution in [0.15, 0.2) is 60.8 Å². The van der Waals surface area contributed by atoms with Crippen LogP contribution in [0.25, 0.3) is 22.3 Å². The smallest absolute Gasteiger partial charge is 0.309 e. The zero-order valence-electron chi connectivity index (χ0n) is 22.4. The molecule has 1 amide bonds. The van der Waals surface area contributed by atoms with Crippen LogP contribution in [0.1, 0.15) is 48.4 Å². The van der Waals surface area contributed by atoms with Gasteiger partial charge in [0.15, 0.2) is 17.5 Å². The number of ether oxygens (including phenoxy) is 1. The molecule has 0 saturated carbocycles. The topological polar surface area (TPSA) is 68.3 Å². The number of rotatable bonds is 4. The van der Waals surface area contributed by atoms with Gasteiger partial charge in [-0.1, -0.05) is 36.2 Å². The van der Waals surface area contributed by atoms with Gasteiger partial charge in [0.25, 0.3) is 0 Å². The summed E-state index contributed by atoms with van der Waals surface area (Å²) >= 11 is 5.85. The molecule has 4 aromatic rings. The molecule has 0 aliphatic carbocycles. The Hall–Kier alpha value is -4.24. The van der Waals surface area contributed by atoms with Gasteiger partial charge in [-0.15, -0.1) is 0 Å². The first kappa shape index (κ1) is 29.3. The van der Waals surface area contributed by atoms with Crippen LogP contribution in [-0.2, 0) is 20.7 Å². The number of carbonyl (C=O) groups is 2. The molecule has 3 aromatic carbocycles. The van der Waals surface area contributed by atoms with Crippen molar-refractivity contribution in [2.75, 3.05) is 12.4 Å². The van der Waals surface area contributed by atoms with Crippen LogP contribution in [0.2, 0.25) is 5.02 Å². The molecule has 0 radical (unpaired) electrons. The lowest BCUT2D eigenvalue weighted by atomic mass is 9.86. The maximum atomic E-state index is 15.3. The van der Waals surface area contributed by atoms with E-state index in [-0.39, 0.29) is 51.7 Å². The largest absolute Gasteiger partial charge is 0.469 e. The molecule has 42 heavy (non-hydrogen) atoms. The van der Waals surface area contributed by atoms with Crippen molar-refractivity contribution in [1.29, 1.82) is 0 Å². The second-order valence-corrected chi connectivity index (χ2v) is 10.4. The summed E-state index contributed by atoms with van der Waals surface area (Å²) in [6.45, 7) is 0. The number of fused-ring (bicyclic) bond motifs is 4. The van der Waals surface area contributed by atoms with Gasteiger partial charge >= 0.3 is 5.97 Å². The lowest BCUT2D eigenvalue weighted by molar-refractivity contribution is -0.139. The van der Waals surface area contributed by atoms with Crippen LogP contribution in [0.5, 0.6) is 0 Å². The molecule has 2 bridgehead atoms. The first-order chi connectivity index (χ1) is 20.2. The zero-order chi connectivity index (χ0) is 30.0. The molecule has 10 heteroatoms. The molecule has 1 atom stereocenters. The van der Waals surface area contributed by atoms with Crippen LogP contribution in [0, 0.1) is 23.3 Å². The second kappa shape index (κ2) is 12.3. The normalized spacial score (nSPS) is 15.2. The quantitative estimate of drug-likeness (QED) is 0.147. The number of esters is 1. The highest BCUT2D eigenvalue weighted by atomic mass is 35.5. The van der Waals surface area contributed by atoms with E-state index in [9.17, 15) is 18.4 Å². The number of nitrogens with zero attached hydrogens (tertiary/aromatic N) is 1.